The van der Waals surface area contributed by atoms with Gasteiger partial charge in [0.2, 0.25) is 0 Å². The van der Waals surface area contributed by atoms with Crippen molar-refractivity contribution in [3.63, 3.8) is 0 Å². The van der Waals surface area contributed by atoms with Gasteiger partial charge in [0, 0.05) is 5.56 Å². The van der Waals surface area contributed by atoms with Gasteiger partial charge in [-0.15, -0.1) is 0 Å². The van der Waals surface area contributed by atoms with E-state index in [9.17, 15) is 4.79 Å². The van der Waals surface area contributed by atoms with Gasteiger partial charge < -0.3 is 9.47 Å². The molecule has 0 aliphatic carbocycles. The van der Waals surface area contributed by atoms with Crippen LogP contribution < -0.4 is 15.0 Å². The highest BCUT2D eigenvalue weighted by molar-refractivity contribution is 5.88. The summed E-state index contributed by atoms with van der Waals surface area (Å²) >= 11 is 0. The Balaban J connectivity index is 1.71. The van der Waals surface area contributed by atoms with Crippen LogP contribution in [0.1, 0.15) is 5.56 Å². The maximum absolute atomic E-state index is 13.7. The van der Waals surface area contributed by atoms with Crippen LogP contribution in [0.3, 0.4) is 0 Å². The van der Waals surface area contributed by atoms with Gasteiger partial charge in [0.05, 0.1) is 18.2 Å². The monoisotopic (exact) mass is 434 g/mol. The second-order valence-electron chi connectivity index (χ2n) is 7.54. The average Bonchev–Trinajstić information content (AvgIpc) is 2.88. The van der Waals surface area contributed by atoms with Crippen molar-refractivity contribution in [2.75, 3.05) is 7.11 Å². The summed E-state index contributed by atoms with van der Waals surface area (Å²) in [6.07, 6.45) is 0. The molecular formula is C28H22N2O3. The molecule has 33 heavy (non-hydrogen) atoms. The van der Waals surface area contributed by atoms with Gasteiger partial charge >= 0.3 is 0 Å². The molecule has 0 bridgehead atoms. The number of aromatic nitrogens is 2. The lowest BCUT2D eigenvalue weighted by Gasteiger charge is -2.17. The number of rotatable bonds is 6. The van der Waals surface area contributed by atoms with E-state index in [0.29, 0.717) is 34.8 Å². The fraction of sp³-hybridized carbons (Fsp3) is 0.0714. The molecule has 1 aromatic heterocycles. The van der Waals surface area contributed by atoms with Crippen LogP contribution >= 0.6 is 0 Å². The van der Waals surface area contributed by atoms with Gasteiger partial charge in [-0.1, -0.05) is 78.9 Å². The summed E-state index contributed by atoms with van der Waals surface area (Å²) in [5.41, 5.74) is 2.92. The zero-order valence-corrected chi connectivity index (χ0v) is 18.1. The highest BCUT2D eigenvalue weighted by atomic mass is 16.5. The van der Waals surface area contributed by atoms with E-state index in [1.807, 2.05) is 91.0 Å². The largest absolute Gasteiger partial charge is 0.491 e. The highest BCUT2D eigenvalue weighted by Crippen LogP contribution is 2.35. The number of benzene rings is 4. The first-order chi connectivity index (χ1) is 16.3. The molecule has 0 aliphatic rings. The van der Waals surface area contributed by atoms with E-state index < -0.39 is 0 Å². The molecule has 0 saturated heterocycles. The minimum atomic E-state index is -0.169. The third-order valence-corrected chi connectivity index (χ3v) is 5.45. The summed E-state index contributed by atoms with van der Waals surface area (Å²) < 4.78 is 13.4. The van der Waals surface area contributed by atoms with Gasteiger partial charge in [-0.05, 0) is 29.8 Å². The molecule has 1 heterocycles. The zero-order chi connectivity index (χ0) is 22.6. The Labute approximate surface area is 191 Å². The Kier molecular flexibility index (Phi) is 5.60. The molecule has 5 aromatic rings. The maximum atomic E-state index is 13.7. The minimum absolute atomic E-state index is 0.169. The predicted molar refractivity (Wildman–Crippen MR) is 130 cm³/mol. The third kappa shape index (κ3) is 3.96. The summed E-state index contributed by atoms with van der Waals surface area (Å²) in [5.74, 6) is 1.52. The second-order valence-corrected chi connectivity index (χ2v) is 7.54. The Bertz CT molecular complexity index is 1450. The molecule has 5 heteroatoms. The molecule has 162 valence electrons. The van der Waals surface area contributed by atoms with Crippen molar-refractivity contribution in [1.82, 2.24) is 9.55 Å². The molecular weight excluding hydrogens is 412 g/mol. The standard InChI is InChI=1S/C28H22N2O3/c1-32-26-24(33-19-20-11-5-2-6-12-20)18-17-23-25(26)29-27(21-13-7-3-8-14-21)30(28(23)31)22-15-9-4-10-16-22/h2-18H,19H2,1H3. The van der Waals surface area contributed by atoms with Crippen molar-refractivity contribution in [2.45, 2.75) is 6.61 Å². The molecule has 0 spiro atoms. The third-order valence-electron chi connectivity index (χ3n) is 5.45. The van der Waals surface area contributed by atoms with Crippen LogP contribution in [0.4, 0.5) is 0 Å². The van der Waals surface area contributed by atoms with E-state index in [4.69, 9.17) is 14.5 Å². The summed E-state index contributed by atoms with van der Waals surface area (Å²) in [5, 5.41) is 0.461. The maximum Gasteiger partial charge on any atom is 0.266 e. The van der Waals surface area contributed by atoms with Crippen molar-refractivity contribution in [1.29, 1.82) is 0 Å². The molecule has 0 fully saturated rings. The van der Waals surface area contributed by atoms with Crippen molar-refractivity contribution in [3.05, 3.63) is 119 Å². The summed E-state index contributed by atoms with van der Waals surface area (Å²) in [6, 6.07) is 32.6. The lowest BCUT2D eigenvalue weighted by atomic mass is 10.1. The van der Waals surface area contributed by atoms with Crippen LogP contribution in [-0.2, 0) is 6.61 Å². The van der Waals surface area contributed by atoms with Crippen LogP contribution in [0.25, 0.3) is 28.0 Å². The first-order valence-corrected chi connectivity index (χ1v) is 10.7. The van der Waals surface area contributed by atoms with Crippen LogP contribution in [-0.4, -0.2) is 16.7 Å². The van der Waals surface area contributed by atoms with E-state index in [0.717, 1.165) is 16.8 Å². The second kappa shape index (κ2) is 9.01. The van der Waals surface area contributed by atoms with Crippen LogP contribution in [0.15, 0.2) is 108 Å². The molecule has 0 N–H and O–H groups in total. The van der Waals surface area contributed by atoms with Crippen molar-refractivity contribution >= 4 is 10.9 Å². The van der Waals surface area contributed by atoms with Crippen LogP contribution in [0.2, 0.25) is 0 Å². The highest BCUT2D eigenvalue weighted by Gasteiger charge is 2.19. The van der Waals surface area contributed by atoms with Gasteiger partial charge in [0.1, 0.15) is 17.9 Å². The van der Waals surface area contributed by atoms with Crippen molar-refractivity contribution in [2.24, 2.45) is 0 Å². The first kappa shape index (κ1) is 20.5. The topological polar surface area (TPSA) is 53.4 Å². The molecule has 0 aliphatic heterocycles. The fourth-order valence-corrected chi connectivity index (χ4v) is 3.85. The van der Waals surface area contributed by atoms with Crippen molar-refractivity contribution < 1.29 is 9.47 Å². The average molecular weight is 434 g/mol. The molecule has 5 nitrogen and oxygen atoms in total. The van der Waals surface area contributed by atoms with Gasteiger partial charge in [0.25, 0.3) is 5.56 Å². The molecule has 0 saturated carbocycles. The van der Waals surface area contributed by atoms with Gasteiger partial charge in [-0.2, -0.15) is 0 Å². The van der Waals surface area contributed by atoms with Crippen LogP contribution in [0.5, 0.6) is 11.5 Å². The van der Waals surface area contributed by atoms with Gasteiger partial charge in [-0.3, -0.25) is 9.36 Å². The Morgan fingerprint density at radius 2 is 1.42 bits per heavy atom. The first-order valence-electron chi connectivity index (χ1n) is 10.7. The molecule has 4 aromatic carbocycles. The summed E-state index contributed by atoms with van der Waals surface area (Å²) in [7, 11) is 1.57. The molecule has 0 amide bonds. The number of hydrogen-bond acceptors (Lipinski definition) is 4. The SMILES string of the molecule is COc1c(OCc2ccccc2)ccc2c(=O)n(-c3ccccc3)c(-c3ccccc3)nc12. The number of ether oxygens (including phenoxy) is 2. The number of nitrogens with zero attached hydrogens (tertiary/aromatic N) is 2. The van der Waals surface area contributed by atoms with Crippen molar-refractivity contribution in [3.8, 4) is 28.6 Å². The lowest BCUT2D eigenvalue weighted by Crippen LogP contribution is -2.22. The molecule has 0 radical (unpaired) electrons. The smallest absolute Gasteiger partial charge is 0.266 e. The number of hydrogen-bond donors (Lipinski definition) is 0. The molecule has 0 atom stereocenters. The number of methoxy groups -OCH3 is 1. The Morgan fingerprint density at radius 1 is 0.788 bits per heavy atom. The quantitative estimate of drug-likeness (QED) is 0.347. The zero-order valence-electron chi connectivity index (χ0n) is 18.1. The normalized spacial score (nSPS) is 10.8. The minimum Gasteiger partial charge on any atom is -0.491 e. The summed E-state index contributed by atoms with van der Waals surface area (Å²) in [4.78, 5) is 18.6. The molecule has 0 unspecified atom stereocenters. The van der Waals surface area contributed by atoms with Gasteiger partial charge in [0.15, 0.2) is 11.5 Å². The lowest BCUT2D eigenvalue weighted by molar-refractivity contribution is 0.286. The Morgan fingerprint density at radius 3 is 2.09 bits per heavy atom. The predicted octanol–water partition coefficient (Wildman–Crippen LogP) is 5.64. The summed E-state index contributed by atoms with van der Waals surface area (Å²) in [6.45, 7) is 0.384. The molecule has 5 rings (SSSR count). The van der Waals surface area contributed by atoms with E-state index in [1.165, 1.54) is 0 Å². The van der Waals surface area contributed by atoms with E-state index in [-0.39, 0.29) is 5.56 Å². The Hall–Kier alpha value is -4.38. The van der Waals surface area contributed by atoms with E-state index in [1.54, 1.807) is 23.8 Å². The number of para-hydroxylation sites is 1. The van der Waals surface area contributed by atoms with E-state index in [2.05, 4.69) is 0 Å². The van der Waals surface area contributed by atoms with E-state index >= 15 is 0 Å². The van der Waals surface area contributed by atoms with Crippen LogP contribution in [0, 0.1) is 0 Å². The number of fused-ring (bicyclic) bond motifs is 1. The van der Waals surface area contributed by atoms with Gasteiger partial charge in [-0.25, -0.2) is 4.98 Å². The fourth-order valence-electron chi connectivity index (χ4n) is 3.85.